The summed E-state index contributed by atoms with van der Waals surface area (Å²) in [6.07, 6.45) is -5.25. The van der Waals surface area contributed by atoms with Crippen molar-refractivity contribution in [2.75, 3.05) is 21.3 Å². The van der Waals surface area contributed by atoms with E-state index in [4.69, 9.17) is 37.9 Å². The summed E-state index contributed by atoms with van der Waals surface area (Å²) in [6.45, 7) is 18.3. The maximum absolute atomic E-state index is 13.8. The van der Waals surface area contributed by atoms with E-state index in [1.54, 1.807) is 48.8 Å². The molecular formula is C36H63NO12. The van der Waals surface area contributed by atoms with Crippen molar-refractivity contribution in [1.29, 1.82) is 0 Å². The van der Waals surface area contributed by atoms with Crippen molar-refractivity contribution in [2.45, 2.75) is 167 Å². The highest BCUT2D eigenvalue weighted by Gasteiger charge is 2.54. The first kappa shape index (κ1) is 41.7. The van der Waals surface area contributed by atoms with Crippen molar-refractivity contribution < 1.29 is 57.7 Å². The van der Waals surface area contributed by atoms with Crippen LogP contribution in [0.4, 0.5) is 0 Å². The van der Waals surface area contributed by atoms with Crippen molar-refractivity contribution >= 4 is 12.3 Å². The zero-order valence-electron chi connectivity index (χ0n) is 31.8. The van der Waals surface area contributed by atoms with E-state index in [-0.39, 0.29) is 24.7 Å². The van der Waals surface area contributed by atoms with Gasteiger partial charge in [-0.2, -0.15) is 0 Å². The molecule has 16 atom stereocenters. The zero-order valence-corrected chi connectivity index (χ0v) is 31.8. The van der Waals surface area contributed by atoms with Crippen LogP contribution >= 0.6 is 0 Å². The molecule has 0 amide bonds. The van der Waals surface area contributed by atoms with Gasteiger partial charge in [-0.3, -0.25) is 4.79 Å². The highest BCUT2D eigenvalue weighted by atomic mass is 16.7. The standard InChI is InChI=1S/C36H63NO12/c1-18-15-36(10,49-29(18)19(2)17-38)32(48-34-28(39)26(37-11)14-20(3)44-34)21(4)30(22(5)33(41)46-24(7)23(6)42-12)47-27-16-35(9,43-13)31(40)25(8)45-27/h17,19-28,30-32,34,37,39-40H,14-16H2,1-13H3/t19-,20-,21+,22-,23?,24-,25+,26+,27+,28-,30+,31+,32-,34+,35-,36-/m1/s1. The molecule has 0 aliphatic carbocycles. The van der Waals surface area contributed by atoms with Gasteiger partial charge in [0.05, 0.1) is 41.9 Å². The normalized spacial score (nSPS) is 38.1. The Morgan fingerprint density at radius 1 is 1.04 bits per heavy atom. The van der Waals surface area contributed by atoms with E-state index in [9.17, 15) is 19.8 Å². The Morgan fingerprint density at radius 3 is 2.27 bits per heavy atom. The maximum Gasteiger partial charge on any atom is 0.311 e. The van der Waals surface area contributed by atoms with Gasteiger partial charge >= 0.3 is 5.97 Å². The fourth-order valence-electron chi connectivity index (χ4n) is 7.46. The van der Waals surface area contributed by atoms with Crippen molar-refractivity contribution in [2.24, 2.45) is 17.8 Å². The number of methoxy groups -OCH3 is 2. The molecule has 0 spiro atoms. The summed E-state index contributed by atoms with van der Waals surface area (Å²) >= 11 is 0. The van der Waals surface area contributed by atoms with Gasteiger partial charge in [-0.15, -0.1) is 0 Å². The lowest BCUT2D eigenvalue weighted by atomic mass is 9.79. The van der Waals surface area contributed by atoms with Crippen molar-refractivity contribution in [1.82, 2.24) is 5.32 Å². The van der Waals surface area contributed by atoms with Crippen LogP contribution in [0.1, 0.15) is 88.5 Å². The number of hydrogen-bond donors (Lipinski definition) is 3. The number of aliphatic hydroxyl groups is 2. The van der Waals surface area contributed by atoms with E-state index < -0.39 is 84.1 Å². The number of ether oxygens (including phenoxy) is 8. The molecular weight excluding hydrogens is 638 g/mol. The molecule has 3 aliphatic rings. The van der Waals surface area contributed by atoms with Gasteiger partial charge in [-0.1, -0.05) is 6.92 Å². The van der Waals surface area contributed by atoms with Gasteiger partial charge in [0.1, 0.15) is 42.1 Å². The zero-order chi connectivity index (χ0) is 37.0. The van der Waals surface area contributed by atoms with Crippen LogP contribution in [-0.2, 0) is 47.5 Å². The topological polar surface area (TPSA) is 160 Å². The maximum atomic E-state index is 13.8. The monoisotopic (exact) mass is 701 g/mol. The average molecular weight is 702 g/mol. The predicted octanol–water partition coefficient (Wildman–Crippen LogP) is 3.27. The fourth-order valence-corrected chi connectivity index (χ4v) is 7.46. The Labute approximate surface area is 292 Å². The molecule has 3 rings (SSSR count). The first-order valence-electron chi connectivity index (χ1n) is 17.6. The minimum Gasteiger partial charge on any atom is -0.488 e. The molecule has 2 fully saturated rings. The molecule has 284 valence electrons. The highest BCUT2D eigenvalue weighted by Crippen LogP contribution is 2.45. The Morgan fingerprint density at radius 2 is 1.69 bits per heavy atom. The van der Waals surface area contributed by atoms with E-state index in [0.717, 1.165) is 11.9 Å². The number of aliphatic hydroxyl groups excluding tert-OH is 2. The SMILES string of the molecule is CN[C@H]1C[C@@H](C)O[C@@H](O[C@H]([C@@H](C)[C@H](O[C@H]2C[C@@](C)(OC)[C@@H](O)[C@H](C)O2)[C@@H](C)C(=O)O[C@H](C)C(C)OC)[C@@]2(C)CC(C)=C([C@H](C)C=O)O2)[C@@H]1O. The lowest BCUT2D eigenvalue weighted by Gasteiger charge is -2.48. The molecule has 49 heavy (non-hydrogen) atoms. The second kappa shape index (κ2) is 17.2. The lowest BCUT2D eigenvalue weighted by molar-refractivity contribution is -0.314. The fraction of sp³-hybridized carbons (Fsp3) is 0.889. The molecule has 0 radical (unpaired) electrons. The van der Waals surface area contributed by atoms with Crippen LogP contribution in [-0.4, -0.2) is 122 Å². The molecule has 0 bridgehead atoms. The van der Waals surface area contributed by atoms with Gasteiger partial charge in [-0.05, 0) is 81.4 Å². The van der Waals surface area contributed by atoms with E-state index in [1.807, 2.05) is 34.6 Å². The Balaban J connectivity index is 2.08. The summed E-state index contributed by atoms with van der Waals surface area (Å²) in [5.41, 5.74) is -1.12. The molecule has 3 N–H and O–H groups in total. The molecule has 0 aromatic rings. The number of likely N-dealkylation sites (N-methyl/N-ethyl adjacent to an activating group) is 1. The molecule has 0 aromatic carbocycles. The molecule has 0 saturated carbocycles. The number of rotatable bonds is 16. The smallest absolute Gasteiger partial charge is 0.311 e. The second-order valence-electron chi connectivity index (χ2n) is 14.9. The number of carbonyl (C=O) groups excluding carboxylic acids is 2. The number of hydrogen-bond acceptors (Lipinski definition) is 13. The number of esters is 1. The van der Waals surface area contributed by atoms with Crippen LogP contribution < -0.4 is 5.32 Å². The summed E-state index contributed by atoms with van der Waals surface area (Å²) < 4.78 is 49.5. The minimum atomic E-state index is -1.05. The summed E-state index contributed by atoms with van der Waals surface area (Å²) in [4.78, 5) is 25.7. The van der Waals surface area contributed by atoms with Crippen molar-refractivity contribution in [3.63, 3.8) is 0 Å². The third-order valence-electron chi connectivity index (χ3n) is 10.9. The van der Waals surface area contributed by atoms with Crippen LogP contribution in [0.2, 0.25) is 0 Å². The Bertz CT molecular complexity index is 1140. The van der Waals surface area contributed by atoms with E-state index in [0.29, 0.717) is 18.6 Å². The van der Waals surface area contributed by atoms with E-state index in [1.165, 1.54) is 7.11 Å². The van der Waals surface area contributed by atoms with Gasteiger partial charge in [0.25, 0.3) is 0 Å². The van der Waals surface area contributed by atoms with Gasteiger partial charge < -0.3 is 58.2 Å². The van der Waals surface area contributed by atoms with E-state index >= 15 is 0 Å². The van der Waals surface area contributed by atoms with Crippen LogP contribution in [0.3, 0.4) is 0 Å². The third-order valence-corrected chi connectivity index (χ3v) is 10.9. The number of aldehydes is 1. The molecule has 13 heteroatoms. The molecule has 0 aromatic heterocycles. The number of allylic oxidation sites excluding steroid dienone is 1. The quantitative estimate of drug-likeness (QED) is 0.159. The Kier molecular flexibility index (Phi) is 14.7. The van der Waals surface area contributed by atoms with Gasteiger partial charge in [0.2, 0.25) is 0 Å². The van der Waals surface area contributed by atoms with Crippen LogP contribution in [0.25, 0.3) is 0 Å². The summed E-state index contributed by atoms with van der Waals surface area (Å²) in [6, 6.07) is -0.284. The Hall–Kier alpha value is -1.68. The van der Waals surface area contributed by atoms with Crippen LogP contribution in [0, 0.1) is 17.8 Å². The summed E-state index contributed by atoms with van der Waals surface area (Å²) in [5.74, 6) is -1.89. The first-order valence-corrected chi connectivity index (χ1v) is 17.6. The van der Waals surface area contributed by atoms with Gasteiger partial charge in [0.15, 0.2) is 12.6 Å². The minimum absolute atomic E-state index is 0.184. The average Bonchev–Trinajstić information content (AvgIpc) is 3.38. The number of nitrogens with one attached hydrogen (secondary N) is 1. The van der Waals surface area contributed by atoms with Crippen LogP contribution in [0.15, 0.2) is 11.3 Å². The molecule has 3 aliphatic heterocycles. The second-order valence-corrected chi connectivity index (χ2v) is 14.9. The van der Waals surface area contributed by atoms with E-state index in [2.05, 4.69) is 5.32 Å². The van der Waals surface area contributed by atoms with Crippen LogP contribution in [0.5, 0.6) is 0 Å². The third kappa shape index (κ3) is 9.41. The molecule has 1 unspecified atom stereocenters. The lowest BCUT2D eigenvalue weighted by Crippen LogP contribution is -2.60. The molecule has 3 heterocycles. The molecule has 13 nitrogen and oxygen atoms in total. The van der Waals surface area contributed by atoms with Crippen molar-refractivity contribution in [3.8, 4) is 0 Å². The summed E-state index contributed by atoms with van der Waals surface area (Å²) in [5, 5.41) is 25.4. The van der Waals surface area contributed by atoms with Crippen molar-refractivity contribution in [3.05, 3.63) is 11.3 Å². The highest BCUT2D eigenvalue weighted by molar-refractivity contribution is 5.73. The predicted molar refractivity (Wildman–Crippen MR) is 180 cm³/mol. The van der Waals surface area contributed by atoms with Gasteiger partial charge in [-0.25, -0.2) is 0 Å². The van der Waals surface area contributed by atoms with Gasteiger partial charge in [0, 0.05) is 39.0 Å². The number of carbonyl (C=O) groups is 2. The first-order chi connectivity index (χ1) is 22.9. The largest absolute Gasteiger partial charge is 0.488 e. The molecule has 2 saturated heterocycles. The summed E-state index contributed by atoms with van der Waals surface area (Å²) in [7, 11) is 4.86.